The molecule has 1 amide bonds. The van der Waals surface area contributed by atoms with Gasteiger partial charge in [-0.05, 0) is 39.3 Å². The predicted octanol–water partition coefficient (Wildman–Crippen LogP) is 3.93. The van der Waals surface area contributed by atoms with E-state index >= 15 is 0 Å². The van der Waals surface area contributed by atoms with Gasteiger partial charge in [-0.15, -0.1) is 0 Å². The second-order valence-electron chi connectivity index (χ2n) is 6.61. The number of carbonyl (C=O) groups is 1. The van der Waals surface area contributed by atoms with E-state index < -0.39 is 0 Å². The molecule has 1 aromatic heterocycles. The van der Waals surface area contributed by atoms with Gasteiger partial charge in [0, 0.05) is 24.0 Å². The van der Waals surface area contributed by atoms with Crippen molar-refractivity contribution in [2.45, 2.75) is 27.3 Å². The molecule has 0 aliphatic rings. The fourth-order valence-electron chi connectivity index (χ4n) is 3.29. The van der Waals surface area contributed by atoms with E-state index in [-0.39, 0.29) is 5.91 Å². The Labute approximate surface area is 154 Å². The Hall–Kier alpha value is -2.66. The van der Waals surface area contributed by atoms with E-state index in [9.17, 15) is 4.79 Å². The van der Waals surface area contributed by atoms with Crippen molar-refractivity contribution in [2.75, 3.05) is 25.0 Å². The van der Waals surface area contributed by atoms with Crippen molar-refractivity contribution < 1.29 is 9.32 Å². The summed E-state index contributed by atoms with van der Waals surface area (Å²) in [7, 11) is 1.95. The molecule has 26 heavy (non-hydrogen) atoms. The molecule has 0 bridgehead atoms. The van der Waals surface area contributed by atoms with Crippen LogP contribution in [0.1, 0.15) is 23.9 Å². The van der Waals surface area contributed by atoms with E-state index in [4.69, 9.17) is 4.52 Å². The number of fused-ring (bicyclic) bond motifs is 1. The van der Waals surface area contributed by atoms with Crippen LogP contribution in [-0.2, 0) is 11.3 Å². The van der Waals surface area contributed by atoms with Crippen molar-refractivity contribution >= 4 is 22.4 Å². The highest BCUT2D eigenvalue weighted by Crippen LogP contribution is 2.27. The lowest BCUT2D eigenvalue weighted by Crippen LogP contribution is -2.39. The van der Waals surface area contributed by atoms with Gasteiger partial charge in [0.1, 0.15) is 5.76 Å². The molecule has 0 aliphatic carbocycles. The number of nitrogens with zero attached hydrogens (tertiary/aromatic N) is 3. The van der Waals surface area contributed by atoms with Gasteiger partial charge in [-0.25, -0.2) is 0 Å². The van der Waals surface area contributed by atoms with Crippen LogP contribution in [0.5, 0.6) is 0 Å². The normalized spacial score (nSPS) is 11.3. The number of carbonyl (C=O) groups excluding carboxylic acids is 1. The predicted molar refractivity (Wildman–Crippen MR) is 104 cm³/mol. The summed E-state index contributed by atoms with van der Waals surface area (Å²) in [6.45, 7) is 7.44. The summed E-state index contributed by atoms with van der Waals surface area (Å²) in [6.07, 6.45) is 0. The summed E-state index contributed by atoms with van der Waals surface area (Å²) < 4.78 is 5.22. The molecule has 0 radical (unpaired) electrons. The van der Waals surface area contributed by atoms with E-state index in [2.05, 4.69) is 23.4 Å². The molecule has 0 unspecified atom stereocenters. The van der Waals surface area contributed by atoms with E-state index in [1.165, 1.54) is 0 Å². The maximum atomic E-state index is 13.0. The Kier molecular flexibility index (Phi) is 5.38. The number of aromatic nitrogens is 1. The van der Waals surface area contributed by atoms with E-state index in [1.807, 2.05) is 61.9 Å². The van der Waals surface area contributed by atoms with Gasteiger partial charge in [-0.3, -0.25) is 9.69 Å². The summed E-state index contributed by atoms with van der Waals surface area (Å²) in [5, 5.41) is 6.22. The first-order valence-electron chi connectivity index (χ1n) is 8.89. The zero-order valence-electron chi connectivity index (χ0n) is 15.8. The number of rotatable bonds is 6. The molecule has 0 fully saturated rings. The van der Waals surface area contributed by atoms with Crippen molar-refractivity contribution in [1.29, 1.82) is 0 Å². The smallest absolute Gasteiger partial charge is 0.241 e. The maximum absolute atomic E-state index is 13.0. The number of benzene rings is 2. The summed E-state index contributed by atoms with van der Waals surface area (Å²) in [5.74, 6) is 0.890. The van der Waals surface area contributed by atoms with Crippen LogP contribution in [0.4, 0.5) is 5.69 Å². The molecule has 0 saturated heterocycles. The van der Waals surface area contributed by atoms with Crippen LogP contribution in [0, 0.1) is 13.8 Å². The zero-order valence-corrected chi connectivity index (χ0v) is 15.8. The Morgan fingerprint density at radius 1 is 1.12 bits per heavy atom. The minimum absolute atomic E-state index is 0.0816. The van der Waals surface area contributed by atoms with Gasteiger partial charge in [-0.2, -0.15) is 0 Å². The average Bonchev–Trinajstić information content (AvgIpc) is 2.94. The van der Waals surface area contributed by atoms with Crippen LogP contribution < -0.4 is 4.90 Å². The topological polar surface area (TPSA) is 49.6 Å². The minimum Gasteiger partial charge on any atom is -0.361 e. The molecule has 2 aromatic carbocycles. The lowest BCUT2D eigenvalue weighted by atomic mass is 10.1. The molecular weight excluding hydrogens is 326 g/mol. The minimum atomic E-state index is 0.0816. The number of amides is 1. The Bertz CT molecular complexity index is 892. The third-order valence-corrected chi connectivity index (χ3v) is 4.69. The van der Waals surface area contributed by atoms with Gasteiger partial charge >= 0.3 is 0 Å². The van der Waals surface area contributed by atoms with E-state index in [0.29, 0.717) is 19.6 Å². The standard InChI is InChI=1S/C21H25N3O2/c1-5-24(20-12-8-10-17-9-6-7-11-18(17)20)21(25)14-23(4)13-19-15(2)22-26-16(19)3/h6-12H,5,13-14H2,1-4H3. The fraction of sp³-hybridized carbons (Fsp3) is 0.333. The second-order valence-corrected chi connectivity index (χ2v) is 6.61. The van der Waals surface area contributed by atoms with Gasteiger partial charge in [0.25, 0.3) is 0 Å². The molecule has 0 aliphatic heterocycles. The van der Waals surface area contributed by atoms with Crippen molar-refractivity contribution in [3.05, 3.63) is 59.5 Å². The first-order chi connectivity index (χ1) is 12.5. The number of aryl methyl sites for hydroxylation is 2. The van der Waals surface area contributed by atoms with E-state index in [0.717, 1.165) is 33.5 Å². The zero-order chi connectivity index (χ0) is 18.7. The number of hydrogen-bond acceptors (Lipinski definition) is 4. The number of likely N-dealkylation sites (N-methyl/N-ethyl adjacent to an activating group) is 2. The van der Waals surface area contributed by atoms with Crippen LogP contribution in [0.25, 0.3) is 10.8 Å². The molecular formula is C21H25N3O2. The van der Waals surface area contributed by atoms with Crippen LogP contribution in [-0.4, -0.2) is 36.1 Å². The fourth-order valence-corrected chi connectivity index (χ4v) is 3.29. The van der Waals surface area contributed by atoms with E-state index in [1.54, 1.807) is 0 Å². The molecule has 5 heteroatoms. The van der Waals surface area contributed by atoms with Crippen molar-refractivity contribution in [1.82, 2.24) is 10.1 Å². The van der Waals surface area contributed by atoms with Crippen LogP contribution >= 0.6 is 0 Å². The lowest BCUT2D eigenvalue weighted by molar-refractivity contribution is -0.119. The van der Waals surface area contributed by atoms with Gasteiger partial charge in [0.2, 0.25) is 5.91 Å². The first kappa shape index (κ1) is 18.1. The van der Waals surface area contributed by atoms with Gasteiger partial charge in [0.15, 0.2) is 0 Å². The number of anilines is 1. The van der Waals surface area contributed by atoms with Crippen molar-refractivity contribution in [3.63, 3.8) is 0 Å². The highest BCUT2D eigenvalue weighted by Gasteiger charge is 2.19. The van der Waals surface area contributed by atoms with Crippen LogP contribution in [0.15, 0.2) is 47.0 Å². The Morgan fingerprint density at radius 3 is 2.54 bits per heavy atom. The van der Waals surface area contributed by atoms with Crippen molar-refractivity contribution in [3.8, 4) is 0 Å². The molecule has 3 rings (SSSR count). The SMILES string of the molecule is CCN(C(=O)CN(C)Cc1c(C)noc1C)c1cccc2ccccc12. The van der Waals surface area contributed by atoms with Gasteiger partial charge < -0.3 is 9.42 Å². The molecule has 0 saturated carbocycles. The van der Waals surface area contributed by atoms with Crippen LogP contribution in [0.2, 0.25) is 0 Å². The Morgan fingerprint density at radius 2 is 1.85 bits per heavy atom. The highest BCUT2D eigenvalue weighted by molar-refractivity contribution is 6.04. The third-order valence-electron chi connectivity index (χ3n) is 4.69. The Balaban J connectivity index is 1.78. The van der Waals surface area contributed by atoms with Gasteiger partial charge in [0.05, 0.1) is 17.9 Å². The first-order valence-corrected chi connectivity index (χ1v) is 8.89. The average molecular weight is 351 g/mol. The third kappa shape index (κ3) is 3.63. The molecule has 0 spiro atoms. The molecule has 0 atom stereocenters. The molecule has 0 N–H and O–H groups in total. The molecule has 5 nitrogen and oxygen atoms in total. The maximum Gasteiger partial charge on any atom is 0.241 e. The second kappa shape index (κ2) is 7.70. The molecule has 136 valence electrons. The van der Waals surface area contributed by atoms with Gasteiger partial charge in [-0.1, -0.05) is 41.6 Å². The molecule has 3 aromatic rings. The van der Waals surface area contributed by atoms with Crippen molar-refractivity contribution in [2.24, 2.45) is 0 Å². The summed E-state index contributed by atoms with van der Waals surface area (Å²) >= 11 is 0. The quantitative estimate of drug-likeness (QED) is 0.675. The number of hydrogen-bond donors (Lipinski definition) is 0. The largest absolute Gasteiger partial charge is 0.361 e. The summed E-state index contributed by atoms with van der Waals surface area (Å²) in [5.41, 5.74) is 2.89. The van der Waals surface area contributed by atoms with Crippen LogP contribution in [0.3, 0.4) is 0 Å². The molecule has 1 heterocycles. The summed E-state index contributed by atoms with van der Waals surface area (Å²) in [6, 6.07) is 14.2. The monoisotopic (exact) mass is 351 g/mol. The lowest BCUT2D eigenvalue weighted by Gasteiger charge is -2.25. The summed E-state index contributed by atoms with van der Waals surface area (Å²) in [4.78, 5) is 16.8. The highest BCUT2D eigenvalue weighted by atomic mass is 16.5.